The number of amides is 1. The van der Waals surface area contributed by atoms with Crippen LogP contribution in [-0.2, 0) is 13.5 Å². The Hall–Kier alpha value is -3.78. The van der Waals surface area contributed by atoms with Crippen LogP contribution in [0.2, 0.25) is 5.02 Å². The van der Waals surface area contributed by atoms with Crippen molar-refractivity contribution in [1.29, 1.82) is 0 Å². The van der Waals surface area contributed by atoms with Crippen LogP contribution in [0.4, 0.5) is 0 Å². The van der Waals surface area contributed by atoms with Gasteiger partial charge in [0, 0.05) is 24.8 Å². The molecule has 4 rings (SSSR count). The van der Waals surface area contributed by atoms with E-state index in [2.05, 4.69) is 10.3 Å². The third kappa shape index (κ3) is 3.92. The van der Waals surface area contributed by atoms with Crippen LogP contribution < -0.4 is 21.3 Å². The second-order valence-corrected chi connectivity index (χ2v) is 7.68. The number of carbonyl (C=O) groups excluding carboxylic acids is 1. The number of carbonyl (C=O) groups is 1. The molecule has 0 atom stereocenters. The Labute approximate surface area is 188 Å². The lowest BCUT2D eigenvalue weighted by molar-refractivity contribution is 0.0955. The summed E-state index contributed by atoms with van der Waals surface area (Å²) in [7, 11) is 3.25. The Morgan fingerprint density at radius 1 is 1.12 bits per heavy atom. The number of hydrogen-bond donors (Lipinski definition) is 2. The third-order valence-corrected chi connectivity index (χ3v) is 5.48. The van der Waals surface area contributed by atoms with Crippen LogP contribution in [0.1, 0.15) is 15.9 Å². The number of rotatable bonds is 6. The molecule has 0 aliphatic carbocycles. The summed E-state index contributed by atoms with van der Waals surface area (Å²) in [4.78, 5) is 41.3. The SMILES string of the molecule is COc1ccccc1CCNC(=O)c1cn(C)c2c(=O)n(-c3ccc(Cl)cc3)c(=O)[nH]c12. The molecule has 0 unspecified atom stereocenters. The second-order valence-electron chi connectivity index (χ2n) is 7.24. The molecule has 8 nitrogen and oxygen atoms in total. The maximum Gasteiger partial charge on any atom is 0.333 e. The van der Waals surface area contributed by atoms with E-state index in [-0.39, 0.29) is 22.5 Å². The maximum absolute atomic E-state index is 13.1. The molecule has 32 heavy (non-hydrogen) atoms. The predicted octanol–water partition coefficient (Wildman–Crippen LogP) is 2.65. The number of aryl methyl sites for hydroxylation is 1. The van der Waals surface area contributed by atoms with Crippen molar-refractivity contribution < 1.29 is 9.53 Å². The zero-order chi connectivity index (χ0) is 22.8. The van der Waals surface area contributed by atoms with E-state index in [1.165, 1.54) is 10.8 Å². The minimum atomic E-state index is -0.640. The standard InChI is InChI=1S/C23H21ClN4O4/c1-27-13-17(21(29)25-12-11-14-5-3-4-6-18(14)32-2)19-20(27)22(30)28(23(31)26-19)16-9-7-15(24)8-10-16/h3-10,13H,11-12H2,1-2H3,(H,25,29)(H,26,31). The van der Waals surface area contributed by atoms with Gasteiger partial charge in [0.25, 0.3) is 11.5 Å². The fourth-order valence-electron chi connectivity index (χ4n) is 3.68. The summed E-state index contributed by atoms with van der Waals surface area (Å²) in [5.74, 6) is 0.365. The number of ether oxygens (including phenoxy) is 1. The van der Waals surface area contributed by atoms with Crippen molar-refractivity contribution in [2.45, 2.75) is 6.42 Å². The predicted molar refractivity (Wildman–Crippen MR) is 123 cm³/mol. The molecular weight excluding hydrogens is 432 g/mol. The monoisotopic (exact) mass is 452 g/mol. The van der Waals surface area contributed by atoms with Gasteiger partial charge in [-0.3, -0.25) is 9.59 Å². The average molecular weight is 453 g/mol. The lowest BCUT2D eigenvalue weighted by atomic mass is 10.1. The highest BCUT2D eigenvalue weighted by Gasteiger charge is 2.20. The Morgan fingerprint density at radius 3 is 2.56 bits per heavy atom. The normalized spacial score (nSPS) is 11.0. The van der Waals surface area contributed by atoms with E-state index in [1.807, 2.05) is 24.3 Å². The van der Waals surface area contributed by atoms with Crippen LogP contribution in [0.25, 0.3) is 16.7 Å². The van der Waals surface area contributed by atoms with Crippen molar-refractivity contribution in [2.24, 2.45) is 7.05 Å². The number of para-hydroxylation sites is 1. The number of benzene rings is 2. The first-order valence-electron chi connectivity index (χ1n) is 9.91. The zero-order valence-corrected chi connectivity index (χ0v) is 18.3. The molecule has 164 valence electrons. The Kier molecular flexibility index (Phi) is 5.87. The molecule has 2 aromatic heterocycles. The summed E-state index contributed by atoms with van der Waals surface area (Å²) >= 11 is 5.91. The Balaban J connectivity index is 1.64. The van der Waals surface area contributed by atoms with Gasteiger partial charge in [0.05, 0.1) is 23.9 Å². The van der Waals surface area contributed by atoms with E-state index in [9.17, 15) is 14.4 Å². The first-order valence-corrected chi connectivity index (χ1v) is 10.3. The van der Waals surface area contributed by atoms with Gasteiger partial charge in [0.15, 0.2) is 0 Å². The molecule has 1 amide bonds. The van der Waals surface area contributed by atoms with E-state index in [4.69, 9.17) is 16.3 Å². The van der Waals surface area contributed by atoms with Crippen molar-refractivity contribution in [3.8, 4) is 11.4 Å². The number of nitrogens with zero attached hydrogens (tertiary/aromatic N) is 2. The molecule has 4 aromatic rings. The van der Waals surface area contributed by atoms with Crippen LogP contribution in [-0.4, -0.2) is 33.7 Å². The summed E-state index contributed by atoms with van der Waals surface area (Å²) in [5, 5.41) is 3.33. The maximum atomic E-state index is 13.1. The first-order chi connectivity index (χ1) is 15.4. The molecule has 0 saturated heterocycles. The number of hydrogen-bond acceptors (Lipinski definition) is 4. The van der Waals surface area contributed by atoms with Crippen molar-refractivity contribution in [3.05, 3.63) is 91.7 Å². The van der Waals surface area contributed by atoms with E-state index in [0.29, 0.717) is 23.7 Å². The quantitative estimate of drug-likeness (QED) is 0.470. The van der Waals surface area contributed by atoms with E-state index in [0.717, 1.165) is 15.9 Å². The molecular formula is C23H21ClN4O4. The van der Waals surface area contributed by atoms with Gasteiger partial charge in [-0.1, -0.05) is 29.8 Å². The lowest BCUT2D eigenvalue weighted by Crippen LogP contribution is -2.34. The molecule has 0 spiro atoms. The van der Waals surface area contributed by atoms with Crippen LogP contribution in [0, 0.1) is 0 Å². The van der Waals surface area contributed by atoms with Crippen molar-refractivity contribution >= 4 is 28.5 Å². The molecule has 0 aliphatic heterocycles. The lowest BCUT2D eigenvalue weighted by Gasteiger charge is -2.09. The smallest absolute Gasteiger partial charge is 0.333 e. The van der Waals surface area contributed by atoms with Crippen molar-refractivity contribution in [2.75, 3.05) is 13.7 Å². The van der Waals surface area contributed by atoms with Crippen LogP contribution in [0.5, 0.6) is 5.75 Å². The van der Waals surface area contributed by atoms with Crippen LogP contribution >= 0.6 is 11.6 Å². The largest absolute Gasteiger partial charge is 0.496 e. The number of fused-ring (bicyclic) bond motifs is 1. The highest BCUT2D eigenvalue weighted by molar-refractivity contribution is 6.30. The number of aromatic nitrogens is 3. The number of H-pyrrole nitrogens is 1. The first kappa shape index (κ1) is 21.5. The van der Waals surface area contributed by atoms with E-state index < -0.39 is 11.2 Å². The fraction of sp³-hybridized carbons (Fsp3) is 0.174. The minimum Gasteiger partial charge on any atom is -0.496 e. The molecule has 0 fully saturated rings. The number of halogens is 1. The van der Waals surface area contributed by atoms with Gasteiger partial charge < -0.3 is 19.6 Å². The van der Waals surface area contributed by atoms with Crippen molar-refractivity contribution in [1.82, 2.24) is 19.4 Å². The summed E-state index contributed by atoms with van der Waals surface area (Å²) in [5.41, 5.74) is 0.816. The van der Waals surface area contributed by atoms with Crippen molar-refractivity contribution in [3.63, 3.8) is 0 Å². The average Bonchev–Trinajstić information content (AvgIpc) is 3.11. The fourth-order valence-corrected chi connectivity index (χ4v) is 3.81. The number of methoxy groups -OCH3 is 1. The molecule has 0 aliphatic rings. The Bertz CT molecular complexity index is 1420. The summed E-state index contributed by atoms with van der Waals surface area (Å²) in [6.07, 6.45) is 2.10. The number of nitrogens with one attached hydrogen (secondary N) is 2. The van der Waals surface area contributed by atoms with Gasteiger partial charge in [-0.05, 0) is 42.3 Å². The topological polar surface area (TPSA) is 98.1 Å². The van der Waals surface area contributed by atoms with Crippen LogP contribution in [0.3, 0.4) is 0 Å². The second kappa shape index (κ2) is 8.76. The van der Waals surface area contributed by atoms with Gasteiger partial charge in [-0.2, -0.15) is 0 Å². The summed E-state index contributed by atoms with van der Waals surface area (Å²) in [6, 6.07) is 13.9. The van der Waals surface area contributed by atoms with E-state index >= 15 is 0 Å². The Morgan fingerprint density at radius 2 is 1.84 bits per heavy atom. The van der Waals surface area contributed by atoms with Gasteiger partial charge in [-0.15, -0.1) is 0 Å². The zero-order valence-electron chi connectivity index (χ0n) is 17.5. The minimum absolute atomic E-state index is 0.197. The van der Waals surface area contributed by atoms with Crippen LogP contribution in [0.15, 0.2) is 64.3 Å². The van der Waals surface area contributed by atoms with Gasteiger partial charge in [-0.25, -0.2) is 9.36 Å². The molecule has 0 bridgehead atoms. The van der Waals surface area contributed by atoms with Gasteiger partial charge in [0.2, 0.25) is 0 Å². The third-order valence-electron chi connectivity index (χ3n) is 5.22. The summed E-state index contributed by atoms with van der Waals surface area (Å²) < 4.78 is 7.88. The molecule has 2 heterocycles. The molecule has 2 aromatic carbocycles. The number of aromatic amines is 1. The highest BCUT2D eigenvalue weighted by atomic mass is 35.5. The molecule has 9 heteroatoms. The highest BCUT2D eigenvalue weighted by Crippen LogP contribution is 2.18. The molecule has 2 N–H and O–H groups in total. The van der Waals surface area contributed by atoms with E-state index in [1.54, 1.807) is 38.4 Å². The van der Waals surface area contributed by atoms with Gasteiger partial charge in [0.1, 0.15) is 11.3 Å². The molecule has 0 radical (unpaired) electrons. The molecule has 0 saturated carbocycles. The van der Waals surface area contributed by atoms with Gasteiger partial charge >= 0.3 is 5.69 Å². The summed E-state index contributed by atoms with van der Waals surface area (Å²) in [6.45, 7) is 0.363.